The summed E-state index contributed by atoms with van der Waals surface area (Å²) >= 11 is 0. The number of hydrogen-bond acceptors (Lipinski definition) is 4. The highest BCUT2D eigenvalue weighted by molar-refractivity contribution is 5.88. The van der Waals surface area contributed by atoms with Gasteiger partial charge in [-0.1, -0.05) is 13.8 Å². The van der Waals surface area contributed by atoms with Crippen LogP contribution in [0.1, 0.15) is 49.2 Å². The predicted molar refractivity (Wildman–Crippen MR) is 78.4 cm³/mol. The zero-order valence-electron chi connectivity index (χ0n) is 12.6. The first kappa shape index (κ1) is 15.0. The number of pyridine rings is 1. The van der Waals surface area contributed by atoms with Crippen LogP contribution >= 0.6 is 0 Å². The van der Waals surface area contributed by atoms with Crippen molar-refractivity contribution < 1.29 is 9.53 Å². The molecule has 0 saturated heterocycles. The van der Waals surface area contributed by atoms with Crippen molar-refractivity contribution in [2.75, 3.05) is 7.11 Å². The normalized spacial score (nSPS) is 26.2. The van der Waals surface area contributed by atoms with Crippen molar-refractivity contribution in [1.82, 2.24) is 10.3 Å². The van der Waals surface area contributed by atoms with Gasteiger partial charge in [0.15, 0.2) is 0 Å². The predicted octanol–water partition coefficient (Wildman–Crippen LogP) is 2.78. The summed E-state index contributed by atoms with van der Waals surface area (Å²) < 4.78 is 4.66. The maximum atomic E-state index is 11.3. The van der Waals surface area contributed by atoms with Gasteiger partial charge in [-0.05, 0) is 43.2 Å². The van der Waals surface area contributed by atoms with E-state index in [9.17, 15) is 4.79 Å². The largest absolute Gasteiger partial charge is 0.465 e. The Balaban J connectivity index is 1.86. The lowest BCUT2D eigenvalue weighted by atomic mass is 9.80. The van der Waals surface area contributed by atoms with E-state index in [0.29, 0.717) is 17.5 Å². The molecule has 0 amide bonds. The van der Waals surface area contributed by atoms with E-state index in [0.717, 1.165) is 18.2 Å². The lowest BCUT2D eigenvalue weighted by Crippen LogP contribution is -2.38. The van der Waals surface area contributed by atoms with Crippen molar-refractivity contribution in [3.8, 4) is 0 Å². The molecular formula is C16H24N2O2. The summed E-state index contributed by atoms with van der Waals surface area (Å²) in [7, 11) is 1.38. The maximum Gasteiger partial charge on any atom is 0.339 e. The van der Waals surface area contributed by atoms with Gasteiger partial charge in [0.2, 0.25) is 0 Å². The summed E-state index contributed by atoms with van der Waals surface area (Å²) in [4.78, 5) is 15.6. The molecule has 3 unspecified atom stereocenters. The SMILES string of the molecule is COC(=O)c1ccc(CNC2CCC(C)CC2C)nc1. The Hall–Kier alpha value is -1.42. The number of esters is 1. The van der Waals surface area contributed by atoms with Crippen molar-refractivity contribution in [2.45, 2.75) is 45.7 Å². The van der Waals surface area contributed by atoms with Gasteiger partial charge in [0.25, 0.3) is 0 Å². The van der Waals surface area contributed by atoms with Crippen molar-refractivity contribution in [1.29, 1.82) is 0 Å². The molecular weight excluding hydrogens is 252 g/mol. The average molecular weight is 276 g/mol. The molecule has 3 atom stereocenters. The second-order valence-electron chi connectivity index (χ2n) is 5.91. The molecule has 1 aliphatic rings. The van der Waals surface area contributed by atoms with E-state index in [4.69, 9.17) is 0 Å². The zero-order valence-corrected chi connectivity index (χ0v) is 12.6. The first-order valence-corrected chi connectivity index (χ1v) is 7.36. The summed E-state index contributed by atoms with van der Waals surface area (Å²) in [6.07, 6.45) is 5.42. The number of ether oxygens (including phenoxy) is 1. The Morgan fingerprint density at radius 2 is 2.20 bits per heavy atom. The van der Waals surface area contributed by atoms with E-state index in [1.54, 1.807) is 12.3 Å². The van der Waals surface area contributed by atoms with Crippen LogP contribution in [0.25, 0.3) is 0 Å². The number of nitrogens with one attached hydrogen (secondary N) is 1. The highest BCUT2D eigenvalue weighted by atomic mass is 16.5. The van der Waals surface area contributed by atoms with Crippen LogP contribution < -0.4 is 5.32 Å². The van der Waals surface area contributed by atoms with Gasteiger partial charge in [-0.2, -0.15) is 0 Å². The molecule has 1 N–H and O–H groups in total. The Labute approximate surface area is 120 Å². The number of hydrogen-bond donors (Lipinski definition) is 1. The highest BCUT2D eigenvalue weighted by Gasteiger charge is 2.24. The Morgan fingerprint density at radius 3 is 2.80 bits per heavy atom. The first-order chi connectivity index (χ1) is 9.60. The Kier molecular flexibility index (Phi) is 5.12. The van der Waals surface area contributed by atoms with Gasteiger partial charge in [-0.3, -0.25) is 4.98 Å². The molecule has 1 aromatic rings. The van der Waals surface area contributed by atoms with Crippen molar-refractivity contribution in [3.05, 3.63) is 29.6 Å². The van der Waals surface area contributed by atoms with Crippen LogP contribution in [0.2, 0.25) is 0 Å². The third kappa shape index (κ3) is 3.79. The standard InChI is InChI=1S/C16H24N2O2/c1-11-4-7-15(12(2)8-11)18-10-14-6-5-13(9-17-14)16(19)20-3/h5-6,9,11-12,15,18H,4,7-8,10H2,1-3H3. The van der Waals surface area contributed by atoms with Crippen LogP contribution in [-0.2, 0) is 11.3 Å². The molecule has 4 nitrogen and oxygen atoms in total. The molecule has 0 radical (unpaired) electrons. The van der Waals surface area contributed by atoms with E-state index >= 15 is 0 Å². The van der Waals surface area contributed by atoms with Crippen LogP contribution in [-0.4, -0.2) is 24.1 Å². The van der Waals surface area contributed by atoms with E-state index in [1.165, 1.54) is 26.4 Å². The average Bonchev–Trinajstić information content (AvgIpc) is 2.46. The fraction of sp³-hybridized carbons (Fsp3) is 0.625. The number of carbonyl (C=O) groups is 1. The van der Waals surface area contributed by atoms with Crippen molar-refractivity contribution >= 4 is 5.97 Å². The lowest BCUT2D eigenvalue weighted by Gasteiger charge is -2.33. The molecule has 0 spiro atoms. The van der Waals surface area contributed by atoms with Crippen LogP contribution in [0, 0.1) is 11.8 Å². The molecule has 0 bridgehead atoms. The molecule has 1 heterocycles. The van der Waals surface area contributed by atoms with Crippen molar-refractivity contribution in [2.24, 2.45) is 11.8 Å². The molecule has 110 valence electrons. The van der Waals surface area contributed by atoms with Gasteiger partial charge in [-0.15, -0.1) is 0 Å². The fourth-order valence-electron chi connectivity index (χ4n) is 2.97. The third-order valence-corrected chi connectivity index (χ3v) is 4.22. The van der Waals surface area contributed by atoms with Gasteiger partial charge >= 0.3 is 5.97 Å². The van der Waals surface area contributed by atoms with Gasteiger partial charge in [-0.25, -0.2) is 4.79 Å². The second-order valence-corrected chi connectivity index (χ2v) is 5.91. The number of rotatable bonds is 4. The first-order valence-electron chi connectivity index (χ1n) is 7.36. The summed E-state index contributed by atoms with van der Waals surface area (Å²) in [5.41, 5.74) is 1.46. The number of methoxy groups -OCH3 is 1. The summed E-state index contributed by atoms with van der Waals surface area (Å²) in [6, 6.07) is 4.23. The minimum absolute atomic E-state index is 0.341. The van der Waals surface area contributed by atoms with Crippen LogP contribution in [0.5, 0.6) is 0 Å². The molecule has 0 aliphatic heterocycles. The topological polar surface area (TPSA) is 51.2 Å². The van der Waals surface area contributed by atoms with Gasteiger partial charge < -0.3 is 10.1 Å². The fourth-order valence-corrected chi connectivity index (χ4v) is 2.97. The number of carbonyl (C=O) groups excluding carboxylic acids is 1. The molecule has 4 heteroatoms. The van der Waals surface area contributed by atoms with E-state index in [1.807, 2.05) is 6.07 Å². The van der Waals surface area contributed by atoms with E-state index in [2.05, 4.69) is 28.9 Å². The van der Waals surface area contributed by atoms with Crippen LogP contribution in [0.15, 0.2) is 18.3 Å². The molecule has 1 aliphatic carbocycles. The molecule has 20 heavy (non-hydrogen) atoms. The zero-order chi connectivity index (χ0) is 14.5. The quantitative estimate of drug-likeness (QED) is 0.859. The second kappa shape index (κ2) is 6.84. The monoisotopic (exact) mass is 276 g/mol. The van der Waals surface area contributed by atoms with Gasteiger partial charge in [0.05, 0.1) is 18.4 Å². The summed E-state index contributed by atoms with van der Waals surface area (Å²) in [6.45, 7) is 5.41. The summed E-state index contributed by atoms with van der Waals surface area (Å²) in [5, 5.41) is 3.59. The minimum atomic E-state index is -0.341. The van der Waals surface area contributed by atoms with Gasteiger partial charge in [0.1, 0.15) is 0 Å². The van der Waals surface area contributed by atoms with Crippen LogP contribution in [0.4, 0.5) is 0 Å². The lowest BCUT2D eigenvalue weighted by molar-refractivity contribution is 0.0600. The molecule has 1 fully saturated rings. The highest BCUT2D eigenvalue weighted by Crippen LogP contribution is 2.28. The molecule has 0 aromatic carbocycles. The Morgan fingerprint density at radius 1 is 1.40 bits per heavy atom. The smallest absolute Gasteiger partial charge is 0.339 e. The molecule has 1 saturated carbocycles. The van der Waals surface area contributed by atoms with E-state index < -0.39 is 0 Å². The van der Waals surface area contributed by atoms with Crippen LogP contribution in [0.3, 0.4) is 0 Å². The molecule has 2 rings (SSSR count). The molecule has 1 aromatic heterocycles. The maximum absolute atomic E-state index is 11.3. The number of nitrogens with zero attached hydrogens (tertiary/aromatic N) is 1. The van der Waals surface area contributed by atoms with Crippen molar-refractivity contribution in [3.63, 3.8) is 0 Å². The minimum Gasteiger partial charge on any atom is -0.465 e. The Bertz CT molecular complexity index is 444. The number of aromatic nitrogens is 1. The van der Waals surface area contributed by atoms with E-state index in [-0.39, 0.29) is 5.97 Å². The summed E-state index contributed by atoms with van der Waals surface area (Å²) in [5.74, 6) is 1.22. The third-order valence-electron chi connectivity index (χ3n) is 4.22. The van der Waals surface area contributed by atoms with Gasteiger partial charge in [0, 0.05) is 18.8 Å².